The zero-order chi connectivity index (χ0) is 12.1. The molecule has 1 rings (SSSR count). The van der Waals surface area contributed by atoms with Gasteiger partial charge in [0.2, 0.25) is 0 Å². The van der Waals surface area contributed by atoms with Gasteiger partial charge in [0.15, 0.2) is 0 Å². The van der Waals surface area contributed by atoms with Gasteiger partial charge in [-0.05, 0) is 23.6 Å². The molecule has 0 atom stereocenters. The molecule has 0 saturated carbocycles. The fourth-order valence-corrected chi connectivity index (χ4v) is 1.42. The summed E-state index contributed by atoms with van der Waals surface area (Å²) in [6.07, 6.45) is -0.0662. The highest BCUT2D eigenvalue weighted by Gasteiger charge is 2.07. The molecule has 0 heterocycles. The minimum Gasteiger partial charge on any atom is -0.493 e. The number of hydrogen-bond donors (Lipinski definition) is 1. The van der Waals surface area contributed by atoms with Crippen molar-refractivity contribution in [3.05, 3.63) is 28.8 Å². The minimum absolute atomic E-state index is 0.0662. The molecule has 88 valence electrons. The Labute approximate surface area is 100.0 Å². The molecule has 0 bridgehead atoms. The van der Waals surface area contributed by atoms with Crippen molar-refractivity contribution in [2.24, 2.45) is 5.92 Å². The number of hydrogen-bond acceptors (Lipinski definition) is 2. The van der Waals surface area contributed by atoms with Crippen molar-refractivity contribution in [2.45, 2.75) is 20.3 Å². The Morgan fingerprint density at radius 2 is 2.19 bits per heavy atom. The minimum atomic E-state index is -0.891. The average molecular weight is 243 g/mol. The van der Waals surface area contributed by atoms with Gasteiger partial charge in [0.1, 0.15) is 5.75 Å². The Bertz CT molecular complexity index is 375. The lowest BCUT2D eigenvalue weighted by Gasteiger charge is -2.10. The van der Waals surface area contributed by atoms with E-state index in [1.54, 1.807) is 18.2 Å². The molecule has 1 aromatic carbocycles. The zero-order valence-electron chi connectivity index (χ0n) is 9.37. The van der Waals surface area contributed by atoms with Crippen molar-refractivity contribution < 1.29 is 14.6 Å². The summed E-state index contributed by atoms with van der Waals surface area (Å²) in [5, 5.41) is 9.08. The van der Waals surface area contributed by atoms with Crippen molar-refractivity contribution in [2.75, 3.05) is 6.61 Å². The Morgan fingerprint density at radius 1 is 1.50 bits per heavy atom. The Hall–Kier alpha value is -1.22. The van der Waals surface area contributed by atoms with E-state index in [0.29, 0.717) is 28.9 Å². The predicted molar refractivity (Wildman–Crippen MR) is 63.1 cm³/mol. The van der Waals surface area contributed by atoms with Gasteiger partial charge in [0.05, 0.1) is 13.0 Å². The van der Waals surface area contributed by atoms with E-state index in [1.807, 2.05) is 0 Å². The van der Waals surface area contributed by atoms with Gasteiger partial charge in [-0.15, -0.1) is 0 Å². The van der Waals surface area contributed by atoms with Crippen molar-refractivity contribution in [1.29, 1.82) is 0 Å². The van der Waals surface area contributed by atoms with E-state index < -0.39 is 5.97 Å². The molecule has 3 nitrogen and oxygen atoms in total. The van der Waals surface area contributed by atoms with Crippen LogP contribution in [0.5, 0.6) is 5.75 Å². The molecule has 4 heteroatoms. The summed E-state index contributed by atoms with van der Waals surface area (Å²) in [6.45, 7) is 4.73. The molecule has 0 fully saturated rings. The van der Waals surface area contributed by atoms with Gasteiger partial charge in [0, 0.05) is 5.02 Å². The maximum Gasteiger partial charge on any atom is 0.307 e. The molecule has 0 aliphatic carbocycles. The second-order valence-corrected chi connectivity index (χ2v) is 4.44. The third-order valence-corrected chi connectivity index (χ3v) is 2.30. The maximum atomic E-state index is 10.5. The second-order valence-electron chi connectivity index (χ2n) is 4.03. The summed E-state index contributed by atoms with van der Waals surface area (Å²) < 4.78 is 5.48. The molecule has 0 aliphatic rings. The van der Waals surface area contributed by atoms with Crippen LogP contribution in [0, 0.1) is 5.92 Å². The summed E-state index contributed by atoms with van der Waals surface area (Å²) in [6, 6.07) is 5.08. The van der Waals surface area contributed by atoms with Gasteiger partial charge in [0.25, 0.3) is 0 Å². The topological polar surface area (TPSA) is 46.5 Å². The summed E-state index contributed by atoms with van der Waals surface area (Å²) >= 11 is 5.95. The van der Waals surface area contributed by atoms with Crippen molar-refractivity contribution in [3.63, 3.8) is 0 Å². The molecule has 0 aromatic heterocycles. The number of aliphatic carboxylic acids is 1. The number of halogens is 1. The zero-order valence-corrected chi connectivity index (χ0v) is 10.1. The van der Waals surface area contributed by atoms with Crippen LogP contribution in [0.15, 0.2) is 18.2 Å². The molecular weight excluding hydrogens is 228 g/mol. The first kappa shape index (κ1) is 12.8. The highest BCUT2D eigenvalue weighted by Crippen LogP contribution is 2.23. The lowest BCUT2D eigenvalue weighted by Crippen LogP contribution is -2.05. The van der Waals surface area contributed by atoms with Crippen LogP contribution in [0.4, 0.5) is 0 Å². The summed E-state index contributed by atoms with van der Waals surface area (Å²) in [5.41, 5.74) is 0.603. The first-order valence-corrected chi connectivity index (χ1v) is 5.50. The molecule has 0 saturated heterocycles. The lowest BCUT2D eigenvalue weighted by molar-refractivity contribution is -0.136. The van der Waals surface area contributed by atoms with Crippen LogP contribution in [0.1, 0.15) is 19.4 Å². The number of carboxylic acid groups (broad SMARTS) is 1. The second kappa shape index (κ2) is 5.75. The van der Waals surface area contributed by atoms with Gasteiger partial charge in [-0.3, -0.25) is 4.79 Å². The average Bonchev–Trinajstić information content (AvgIpc) is 2.18. The van der Waals surface area contributed by atoms with E-state index in [2.05, 4.69) is 13.8 Å². The number of carboxylic acids is 1. The summed E-state index contributed by atoms with van der Waals surface area (Å²) in [7, 11) is 0. The number of rotatable bonds is 5. The van der Waals surface area contributed by atoms with E-state index in [9.17, 15) is 4.79 Å². The predicted octanol–water partition coefficient (Wildman–Crippen LogP) is 3.00. The van der Waals surface area contributed by atoms with E-state index in [4.69, 9.17) is 21.4 Å². The fraction of sp³-hybridized carbons (Fsp3) is 0.417. The van der Waals surface area contributed by atoms with Crippen LogP contribution in [-0.4, -0.2) is 17.7 Å². The Balaban J connectivity index is 2.70. The van der Waals surface area contributed by atoms with E-state index in [1.165, 1.54) is 0 Å². The van der Waals surface area contributed by atoms with Crippen LogP contribution in [-0.2, 0) is 11.2 Å². The number of ether oxygens (including phenoxy) is 1. The van der Waals surface area contributed by atoms with Crippen molar-refractivity contribution >= 4 is 17.6 Å². The highest BCUT2D eigenvalue weighted by molar-refractivity contribution is 6.31. The standard InChI is InChI=1S/C12H15ClO3/c1-8(2)7-16-10-4-3-9(5-12(14)15)11(13)6-10/h3-4,6,8H,5,7H2,1-2H3,(H,14,15). The number of benzene rings is 1. The molecule has 0 radical (unpaired) electrons. The normalized spacial score (nSPS) is 10.5. The van der Waals surface area contributed by atoms with Gasteiger partial charge in [-0.25, -0.2) is 0 Å². The molecule has 0 spiro atoms. The van der Waals surface area contributed by atoms with E-state index in [-0.39, 0.29) is 6.42 Å². The molecule has 1 aromatic rings. The molecule has 1 N–H and O–H groups in total. The maximum absolute atomic E-state index is 10.5. The van der Waals surface area contributed by atoms with Crippen LogP contribution < -0.4 is 4.74 Å². The molecule has 0 amide bonds. The first-order valence-electron chi connectivity index (χ1n) is 5.12. The monoisotopic (exact) mass is 242 g/mol. The smallest absolute Gasteiger partial charge is 0.307 e. The summed E-state index contributed by atoms with van der Waals surface area (Å²) in [5.74, 6) is 0.225. The van der Waals surface area contributed by atoms with Crippen molar-refractivity contribution in [1.82, 2.24) is 0 Å². The largest absolute Gasteiger partial charge is 0.493 e. The van der Waals surface area contributed by atoms with E-state index in [0.717, 1.165) is 0 Å². The van der Waals surface area contributed by atoms with Crippen LogP contribution >= 0.6 is 11.6 Å². The quantitative estimate of drug-likeness (QED) is 0.864. The summed E-state index contributed by atoms with van der Waals surface area (Å²) in [4.78, 5) is 10.5. The molecule has 16 heavy (non-hydrogen) atoms. The molecular formula is C12H15ClO3. The van der Waals surface area contributed by atoms with Gasteiger partial charge in [-0.1, -0.05) is 31.5 Å². The number of carbonyl (C=O) groups is 1. The van der Waals surface area contributed by atoms with Gasteiger partial charge < -0.3 is 9.84 Å². The fourth-order valence-electron chi connectivity index (χ4n) is 1.19. The molecule has 0 aliphatic heterocycles. The van der Waals surface area contributed by atoms with Crippen LogP contribution in [0.3, 0.4) is 0 Å². The van der Waals surface area contributed by atoms with Crippen molar-refractivity contribution in [3.8, 4) is 5.75 Å². The highest BCUT2D eigenvalue weighted by atomic mass is 35.5. The SMILES string of the molecule is CC(C)COc1ccc(CC(=O)O)c(Cl)c1. The Kier molecular flexibility index (Phi) is 4.62. The lowest BCUT2D eigenvalue weighted by atomic mass is 10.1. The third-order valence-electron chi connectivity index (χ3n) is 1.95. The van der Waals surface area contributed by atoms with Crippen LogP contribution in [0.25, 0.3) is 0 Å². The van der Waals surface area contributed by atoms with E-state index >= 15 is 0 Å². The van der Waals surface area contributed by atoms with Crippen LogP contribution in [0.2, 0.25) is 5.02 Å². The first-order chi connectivity index (χ1) is 7.49. The Morgan fingerprint density at radius 3 is 2.69 bits per heavy atom. The molecule has 0 unspecified atom stereocenters. The van der Waals surface area contributed by atoms with Gasteiger partial charge >= 0.3 is 5.97 Å². The van der Waals surface area contributed by atoms with Gasteiger partial charge in [-0.2, -0.15) is 0 Å². The third kappa shape index (κ3) is 4.11.